The van der Waals surface area contributed by atoms with Crippen LogP contribution in [0.2, 0.25) is 0 Å². The van der Waals surface area contributed by atoms with Gasteiger partial charge >= 0.3 is 0 Å². The fraction of sp³-hybridized carbons (Fsp3) is 0.545. The average Bonchev–Trinajstić information content (AvgIpc) is 2.38. The molecular weight excluding hydrogens is 220 g/mol. The van der Waals surface area contributed by atoms with Crippen molar-refractivity contribution in [3.8, 4) is 0 Å². The second-order valence-corrected chi connectivity index (χ2v) is 3.97. The SMILES string of the molecule is NC(=O)CCc1cncc([C@H]2CNCCO2)n1. The van der Waals surface area contributed by atoms with Gasteiger partial charge in [0.25, 0.3) is 0 Å². The summed E-state index contributed by atoms with van der Waals surface area (Å²) in [5.41, 5.74) is 6.68. The number of rotatable bonds is 4. The zero-order valence-electron chi connectivity index (χ0n) is 9.56. The van der Waals surface area contributed by atoms with Gasteiger partial charge < -0.3 is 15.8 Å². The highest BCUT2D eigenvalue weighted by atomic mass is 16.5. The summed E-state index contributed by atoms with van der Waals surface area (Å²) in [7, 11) is 0. The molecule has 1 aliphatic heterocycles. The first-order valence-electron chi connectivity index (χ1n) is 5.67. The van der Waals surface area contributed by atoms with Crippen molar-refractivity contribution in [2.75, 3.05) is 19.7 Å². The van der Waals surface area contributed by atoms with Crippen LogP contribution < -0.4 is 11.1 Å². The molecule has 1 aromatic heterocycles. The van der Waals surface area contributed by atoms with E-state index in [1.165, 1.54) is 0 Å². The molecule has 0 saturated carbocycles. The number of aryl methyl sites for hydroxylation is 1. The Morgan fingerprint density at radius 2 is 2.47 bits per heavy atom. The van der Waals surface area contributed by atoms with Crippen LogP contribution in [-0.4, -0.2) is 35.6 Å². The van der Waals surface area contributed by atoms with Crippen LogP contribution in [0.1, 0.15) is 23.9 Å². The van der Waals surface area contributed by atoms with Crippen LogP contribution in [0.3, 0.4) is 0 Å². The molecule has 0 unspecified atom stereocenters. The molecule has 17 heavy (non-hydrogen) atoms. The van der Waals surface area contributed by atoms with E-state index in [4.69, 9.17) is 10.5 Å². The summed E-state index contributed by atoms with van der Waals surface area (Å²) < 4.78 is 5.59. The lowest BCUT2D eigenvalue weighted by Gasteiger charge is -2.23. The number of hydrogen-bond donors (Lipinski definition) is 2. The van der Waals surface area contributed by atoms with Gasteiger partial charge in [0.15, 0.2) is 0 Å². The minimum atomic E-state index is -0.326. The number of morpholine rings is 1. The number of nitrogens with zero attached hydrogens (tertiary/aromatic N) is 2. The molecule has 3 N–H and O–H groups in total. The maximum absolute atomic E-state index is 10.7. The van der Waals surface area contributed by atoms with Gasteiger partial charge in [-0.3, -0.25) is 14.8 Å². The summed E-state index contributed by atoms with van der Waals surface area (Å²) in [6, 6.07) is 0. The molecule has 6 nitrogen and oxygen atoms in total. The van der Waals surface area contributed by atoms with E-state index in [2.05, 4.69) is 15.3 Å². The van der Waals surface area contributed by atoms with Crippen molar-refractivity contribution in [1.29, 1.82) is 0 Å². The third-order valence-corrected chi connectivity index (χ3v) is 2.59. The molecule has 1 fully saturated rings. The molecule has 0 spiro atoms. The minimum absolute atomic E-state index is 0.0511. The second-order valence-electron chi connectivity index (χ2n) is 3.97. The molecule has 1 atom stereocenters. The highest BCUT2D eigenvalue weighted by Gasteiger charge is 2.17. The van der Waals surface area contributed by atoms with Crippen molar-refractivity contribution in [2.45, 2.75) is 18.9 Å². The minimum Gasteiger partial charge on any atom is -0.370 e. The first-order chi connectivity index (χ1) is 8.25. The Morgan fingerprint density at radius 1 is 1.59 bits per heavy atom. The molecule has 0 aliphatic carbocycles. The summed E-state index contributed by atoms with van der Waals surface area (Å²) >= 11 is 0. The molecule has 1 saturated heterocycles. The van der Waals surface area contributed by atoms with Crippen LogP contribution in [-0.2, 0) is 16.0 Å². The molecule has 0 bridgehead atoms. The van der Waals surface area contributed by atoms with Gasteiger partial charge in [-0.2, -0.15) is 0 Å². The van der Waals surface area contributed by atoms with Gasteiger partial charge in [0.05, 0.1) is 24.2 Å². The normalized spacial score (nSPS) is 20.1. The zero-order valence-corrected chi connectivity index (χ0v) is 9.56. The van der Waals surface area contributed by atoms with Crippen LogP contribution in [0.25, 0.3) is 0 Å². The Balaban J connectivity index is 2.02. The number of nitrogens with two attached hydrogens (primary N) is 1. The molecule has 92 valence electrons. The van der Waals surface area contributed by atoms with Crippen molar-refractivity contribution in [2.24, 2.45) is 5.73 Å². The predicted octanol–water partition coefficient (Wildman–Crippen LogP) is -0.445. The summed E-state index contributed by atoms with van der Waals surface area (Å²) in [6.07, 6.45) is 4.12. The maximum Gasteiger partial charge on any atom is 0.217 e. The van der Waals surface area contributed by atoms with Gasteiger partial charge in [-0.05, 0) is 6.42 Å². The van der Waals surface area contributed by atoms with E-state index in [0.29, 0.717) is 19.4 Å². The van der Waals surface area contributed by atoms with E-state index < -0.39 is 0 Å². The maximum atomic E-state index is 10.7. The molecular formula is C11H16N4O2. The fourth-order valence-corrected chi connectivity index (χ4v) is 1.71. The molecule has 2 heterocycles. The molecule has 2 rings (SSSR count). The molecule has 0 aromatic carbocycles. The van der Waals surface area contributed by atoms with Crippen molar-refractivity contribution in [3.05, 3.63) is 23.8 Å². The number of hydrogen-bond acceptors (Lipinski definition) is 5. The standard InChI is InChI=1S/C11H16N4O2/c12-11(16)2-1-8-5-14-6-9(15-8)10-7-13-3-4-17-10/h5-6,10,13H,1-4,7H2,(H2,12,16)/t10-/m1/s1. The Morgan fingerprint density at radius 3 is 3.18 bits per heavy atom. The van der Waals surface area contributed by atoms with Gasteiger partial charge in [-0.1, -0.05) is 0 Å². The van der Waals surface area contributed by atoms with E-state index in [-0.39, 0.29) is 12.0 Å². The van der Waals surface area contributed by atoms with E-state index in [1.807, 2.05) is 0 Å². The Hall–Kier alpha value is -1.53. The van der Waals surface area contributed by atoms with E-state index >= 15 is 0 Å². The van der Waals surface area contributed by atoms with Crippen LogP contribution in [0, 0.1) is 0 Å². The number of primary amides is 1. The topological polar surface area (TPSA) is 90.1 Å². The lowest BCUT2D eigenvalue weighted by atomic mass is 10.2. The van der Waals surface area contributed by atoms with Gasteiger partial charge in [-0.25, -0.2) is 0 Å². The first kappa shape index (κ1) is 11.9. The van der Waals surface area contributed by atoms with Gasteiger partial charge in [0.2, 0.25) is 5.91 Å². The third-order valence-electron chi connectivity index (χ3n) is 2.59. The molecule has 0 radical (unpaired) electrons. The quantitative estimate of drug-likeness (QED) is 0.739. The van der Waals surface area contributed by atoms with Crippen LogP contribution in [0.5, 0.6) is 0 Å². The number of ether oxygens (including phenoxy) is 1. The van der Waals surface area contributed by atoms with Gasteiger partial charge in [-0.15, -0.1) is 0 Å². The van der Waals surface area contributed by atoms with E-state index in [9.17, 15) is 4.79 Å². The summed E-state index contributed by atoms with van der Waals surface area (Å²) in [6.45, 7) is 2.29. The van der Waals surface area contributed by atoms with Crippen LogP contribution in [0.4, 0.5) is 0 Å². The van der Waals surface area contributed by atoms with E-state index in [0.717, 1.165) is 24.5 Å². The van der Waals surface area contributed by atoms with Crippen molar-refractivity contribution >= 4 is 5.91 Å². The van der Waals surface area contributed by atoms with Crippen molar-refractivity contribution < 1.29 is 9.53 Å². The smallest absolute Gasteiger partial charge is 0.217 e. The van der Waals surface area contributed by atoms with E-state index in [1.54, 1.807) is 12.4 Å². The number of amides is 1. The Labute approximate surface area is 99.6 Å². The lowest BCUT2D eigenvalue weighted by Crippen LogP contribution is -2.33. The molecule has 1 aromatic rings. The largest absolute Gasteiger partial charge is 0.370 e. The highest BCUT2D eigenvalue weighted by molar-refractivity contribution is 5.73. The zero-order chi connectivity index (χ0) is 12.1. The summed E-state index contributed by atoms with van der Waals surface area (Å²) in [5, 5.41) is 3.24. The summed E-state index contributed by atoms with van der Waals surface area (Å²) in [5.74, 6) is -0.326. The monoisotopic (exact) mass is 236 g/mol. The van der Waals surface area contributed by atoms with Gasteiger partial charge in [0, 0.05) is 25.7 Å². The third kappa shape index (κ3) is 3.47. The molecule has 6 heteroatoms. The molecule has 1 aliphatic rings. The second kappa shape index (κ2) is 5.70. The number of aromatic nitrogens is 2. The number of carbonyl (C=O) groups is 1. The van der Waals surface area contributed by atoms with Crippen LogP contribution >= 0.6 is 0 Å². The molecule has 1 amide bonds. The lowest BCUT2D eigenvalue weighted by molar-refractivity contribution is -0.118. The number of carbonyl (C=O) groups excluding carboxylic acids is 1. The van der Waals surface area contributed by atoms with Crippen molar-refractivity contribution in [1.82, 2.24) is 15.3 Å². The van der Waals surface area contributed by atoms with Crippen molar-refractivity contribution in [3.63, 3.8) is 0 Å². The fourth-order valence-electron chi connectivity index (χ4n) is 1.71. The average molecular weight is 236 g/mol. The highest BCUT2D eigenvalue weighted by Crippen LogP contribution is 2.15. The summed E-state index contributed by atoms with van der Waals surface area (Å²) in [4.78, 5) is 19.2. The van der Waals surface area contributed by atoms with Crippen LogP contribution in [0.15, 0.2) is 12.4 Å². The number of nitrogens with one attached hydrogen (secondary N) is 1. The first-order valence-corrected chi connectivity index (χ1v) is 5.67. The Kier molecular flexibility index (Phi) is 4.00. The van der Waals surface area contributed by atoms with Gasteiger partial charge in [0.1, 0.15) is 6.10 Å². The predicted molar refractivity (Wildman–Crippen MR) is 61.1 cm³/mol. The Bertz CT molecular complexity index is 391.